The van der Waals surface area contributed by atoms with E-state index < -0.39 is 11.5 Å². The maximum Gasteiger partial charge on any atom is 0.328 e. The predicted octanol–water partition coefficient (Wildman–Crippen LogP) is 1.36. The molecule has 0 radical (unpaired) electrons. The molecule has 0 unspecified atom stereocenters. The number of carbonyl (C=O) groups excluding carboxylic acids is 1. The first-order valence-electron chi connectivity index (χ1n) is 9.28. The Balaban J connectivity index is 1.68. The van der Waals surface area contributed by atoms with Gasteiger partial charge in [-0.15, -0.1) is 0 Å². The van der Waals surface area contributed by atoms with E-state index in [0.29, 0.717) is 30.8 Å². The molecule has 8 heteroatoms. The Morgan fingerprint density at radius 3 is 2.89 bits per heavy atom. The Hall–Kier alpha value is -2.74. The molecule has 7 nitrogen and oxygen atoms in total. The van der Waals surface area contributed by atoms with Crippen molar-refractivity contribution in [3.8, 4) is 5.75 Å². The maximum absolute atomic E-state index is 13.6. The first-order valence-corrected chi connectivity index (χ1v) is 9.28. The second-order valence-corrected chi connectivity index (χ2v) is 7.08. The molecule has 0 saturated carbocycles. The highest BCUT2D eigenvalue weighted by Crippen LogP contribution is 2.27. The molecule has 3 rings (SSSR count). The Labute approximate surface area is 161 Å². The third kappa shape index (κ3) is 4.22. The SMILES string of the molecule is COc1ccc(F)cc1C(=O)[C@@H]1CCCN(CCc2c[nH]c(=O)n(C)c2=O)C1. The topological polar surface area (TPSA) is 84.4 Å². The van der Waals surface area contributed by atoms with Gasteiger partial charge in [0.15, 0.2) is 5.78 Å². The van der Waals surface area contributed by atoms with Gasteiger partial charge in [0.2, 0.25) is 0 Å². The van der Waals surface area contributed by atoms with Crippen LogP contribution in [0.4, 0.5) is 4.39 Å². The number of likely N-dealkylation sites (tertiary alicyclic amines) is 1. The molecule has 0 aliphatic carbocycles. The van der Waals surface area contributed by atoms with Crippen molar-refractivity contribution in [1.82, 2.24) is 14.5 Å². The summed E-state index contributed by atoms with van der Waals surface area (Å²) in [4.78, 5) is 41.2. The molecule has 1 saturated heterocycles. The summed E-state index contributed by atoms with van der Waals surface area (Å²) >= 11 is 0. The molecule has 1 aromatic heterocycles. The molecule has 2 heterocycles. The van der Waals surface area contributed by atoms with Gasteiger partial charge in [0.25, 0.3) is 5.56 Å². The molecule has 28 heavy (non-hydrogen) atoms. The van der Waals surface area contributed by atoms with Crippen molar-refractivity contribution >= 4 is 5.78 Å². The van der Waals surface area contributed by atoms with E-state index in [-0.39, 0.29) is 22.8 Å². The zero-order valence-corrected chi connectivity index (χ0v) is 16.0. The quantitative estimate of drug-likeness (QED) is 0.754. The fourth-order valence-electron chi connectivity index (χ4n) is 3.64. The number of ether oxygens (including phenoxy) is 1. The van der Waals surface area contributed by atoms with Crippen LogP contribution in [0, 0.1) is 11.7 Å². The van der Waals surface area contributed by atoms with Crippen LogP contribution in [0.25, 0.3) is 0 Å². The van der Waals surface area contributed by atoms with E-state index in [4.69, 9.17) is 4.74 Å². The number of nitrogens with zero attached hydrogens (tertiary/aromatic N) is 2. The number of rotatable bonds is 6. The molecule has 1 N–H and O–H groups in total. The van der Waals surface area contributed by atoms with E-state index in [1.807, 2.05) is 0 Å². The van der Waals surface area contributed by atoms with Crippen LogP contribution < -0.4 is 16.0 Å². The second kappa shape index (κ2) is 8.52. The second-order valence-electron chi connectivity index (χ2n) is 7.08. The van der Waals surface area contributed by atoms with Crippen molar-refractivity contribution in [3.63, 3.8) is 0 Å². The minimum atomic E-state index is -0.467. The summed E-state index contributed by atoms with van der Waals surface area (Å²) in [6, 6.07) is 3.97. The monoisotopic (exact) mass is 389 g/mol. The molecule has 1 atom stereocenters. The lowest BCUT2D eigenvalue weighted by Gasteiger charge is -2.32. The van der Waals surface area contributed by atoms with Crippen molar-refractivity contribution in [1.29, 1.82) is 0 Å². The normalized spacial score (nSPS) is 17.5. The summed E-state index contributed by atoms with van der Waals surface area (Å²) in [6.45, 7) is 1.97. The fourth-order valence-corrected chi connectivity index (χ4v) is 3.64. The van der Waals surface area contributed by atoms with E-state index in [1.165, 1.54) is 38.6 Å². The molecule has 0 amide bonds. The highest BCUT2D eigenvalue weighted by Gasteiger charge is 2.28. The Bertz CT molecular complexity index is 982. The summed E-state index contributed by atoms with van der Waals surface area (Å²) in [7, 11) is 2.90. The van der Waals surface area contributed by atoms with Gasteiger partial charge in [-0.05, 0) is 44.0 Å². The standard InChI is InChI=1S/C20H24FN3O4/c1-23-19(26)13(11-22-20(23)27)7-9-24-8-3-4-14(12-24)18(25)16-10-15(21)5-6-17(16)28-2/h5-6,10-11,14H,3-4,7-9,12H2,1-2H3,(H,22,27)/t14-/m1/s1. The molecule has 2 aromatic rings. The van der Waals surface area contributed by atoms with Crippen LogP contribution in [-0.4, -0.2) is 47.0 Å². The highest BCUT2D eigenvalue weighted by molar-refractivity contribution is 6.00. The zero-order chi connectivity index (χ0) is 20.3. The summed E-state index contributed by atoms with van der Waals surface area (Å²) < 4.78 is 19.9. The van der Waals surface area contributed by atoms with Crippen molar-refractivity contribution < 1.29 is 13.9 Å². The molecule has 0 spiro atoms. The van der Waals surface area contributed by atoms with Gasteiger partial charge in [-0.2, -0.15) is 0 Å². The van der Waals surface area contributed by atoms with E-state index in [9.17, 15) is 18.8 Å². The first-order chi connectivity index (χ1) is 13.4. The van der Waals surface area contributed by atoms with Gasteiger partial charge >= 0.3 is 5.69 Å². The van der Waals surface area contributed by atoms with Crippen LogP contribution in [0.15, 0.2) is 34.0 Å². The van der Waals surface area contributed by atoms with Crippen LogP contribution >= 0.6 is 0 Å². The van der Waals surface area contributed by atoms with Gasteiger partial charge in [-0.25, -0.2) is 9.18 Å². The van der Waals surface area contributed by atoms with E-state index in [2.05, 4.69) is 9.88 Å². The van der Waals surface area contributed by atoms with Crippen LogP contribution in [0.2, 0.25) is 0 Å². The lowest BCUT2D eigenvalue weighted by Crippen LogP contribution is -2.41. The summed E-state index contributed by atoms with van der Waals surface area (Å²) in [6.07, 6.45) is 3.51. The zero-order valence-electron chi connectivity index (χ0n) is 16.0. The number of aromatic amines is 1. The number of halogens is 1. The van der Waals surface area contributed by atoms with E-state index >= 15 is 0 Å². The van der Waals surface area contributed by atoms with E-state index in [1.54, 1.807) is 0 Å². The number of benzene rings is 1. The van der Waals surface area contributed by atoms with Gasteiger partial charge < -0.3 is 14.6 Å². The third-order valence-corrected chi connectivity index (χ3v) is 5.25. The van der Waals surface area contributed by atoms with Gasteiger partial charge in [0.1, 0.15) is 11.6 Å². The van der Waals surface area contributed by atoms with Crippen molar-refractivity contribution in [3.05, 3.63) is 62.2 Å². The van der Waals surface area contributed by atoms with Crippen LogP contribution in [0.3, 0.4) is 0 Å². The van der Waals surface area contributed by atoms with Crippen LogP contribution in [-0.2, 0) is 13.5 Å². The average Bonchev–Trinajstić information content (AvgIpc) is 2.71. The van der Waals surface area contributed by atoms with E-state index in [0.717, 1.165) is 24.0 Å². The van der Waals surface area contributed by atoms with Crippen molar-refractivity contribution in [2.75, 3.05) is 26.7 Å². The number of carbonyl (C=O) groups is 1. The maximum atomic E-state index is 13.6. The van der Waals surface area contributed by atoms with Crippen molar-refractivity contribution in [2.45, 2.75) is 19.3 Å². The summed E-state index contributed by atoms with van der Waals surface area (Å²) in [5.74, 6) is -0.463. The number of aromatic nitrogens is 2. The molecular formula is C20H24FN3O4. The van der Waals surface area contributed by atoms with Crippen LogP contribution in [0.5, 0.6) is 5.75 Å². The van der Waals surface area contributed by atoms with Crippen molar-refractivity contribution in [2.24, 2.45) is 13.0 Å². The molecule has 1 fully saturated rings. The minimum absolute atomic E-state index is 0.124. The Morgan fingerprint density at radius 2 is 2.14 bits per heavy atom. The number of Topliss-reactive ketones (excluding diaryl/α,β-unsaturated/α-hetero) is 1. The number of hydrogen-bond acceptors (Lipinski definition) is 5. The molecule has 0 bridgehead atoms. The lowest BCUT2D eigenvalue weighted by molar-refractivity contribution is 0.0817. The number of hydrogen-bond donors (Lipinski definition) is 1. The number of nitrogens with one attached hydrogen (secondary N) is 1. The Morgan fingerprint density at radius 1 is 1.36 bits per heavy atom. The molecule has 1 aromatic carbocycles. The fraction of sp³-hybridized carbons (Fsp3) is 0.450. The summed E-state index contributed by atoms with van der Waals surface area (Å²) in [5.41, 5.74) is 0.0468. The number of methoxy groups -OCH3 is 1. The van der Waals surface area contributed by atoms with Gasteiger partial charge in [0, 0.05) is 37.8 Å². The molecule has 150 valence electrons. The third-order valence-electron chi connectivity index (χ3n) is 5.25. The molecular weight excluding hydrogens is 365 g/mol. The molecule has 1 aliphatic rings. The minimum Gasteiger partial charge on any atom is -0.496 e. The number of piperidine rings is 1. The van der Waals surface area contributed by atoms with Gasteiger partial charge in [-0.3, -0.25) is 14.2 Å². The number of H-pyrrole nitrogens is 1. The van der Waals surface area contributed by atoms with Crippen LogP contribution in [0.1, 0.15) is 28.8 Å². The lowest BCUT2D eigenvalue weighted by atomic mass is 9.89. The summed E-state index contributed by atoms with van der Waals surface area (Å²) in [5, 5.41) is 0. The first kappa shape index (κ1) is 20.0. The highest BCUT2D eigenvalue weighted by atomic mass is 19.1. The number of ketones is 1. The largest absolute Gasteiger partial charge is 0.496 e. The smallest absolute Gasteiger partial charge is 0.328 e. The Kier molecular flexibility index (Phi) is 6.08. The average molecular weight is 389 g/mol. The van der Waals surface area contributed by atoms with Gasteiger partial charge in [-0.1, -0.05) is 0 Å². The van der Waals surface area contributed by atoms with Gasteiger partial charge in [0.05, 0.1) is 12.7 Å². The predicted molar refractivity (Wildman–Crippen MR) is 102 cm³/mol. The molecule has 1 aliphatic heterocycles.